The Morgan fingerprint density at radius 1 is 1.05 bits per heavy atom. The molecule has 0 unspecified atom stereocenters. The van der Waals surface area contributed by atoms with Crippen molar-refractivity contribution < 1.29 is 8.42 Å². The second kappa shape index (κ2) is 5.87. The molecule has 0 heterocycles. The molecule has 0 aliphatic carbocycles. The maximum Gasteiger partial charge on any atom is 0.240 e. The van der Waals surface area contributed by atoms with Crippen molar-refractivity contribution in [2.24, 2.45) is 0 Å². The molecule has 0 bridgehead atoms. The van der Waals surface area contributed by atoms with Crippen LogP contribution < -0.4 is 10.5 Å². The summed E-state index contributed by atoms with van der Waals surface area (Å²) in [6.45, 7) is 5.97. The Kier molecular flexibility index (Phi) is 4.34. The first kappa shape index (κ1) is 15.5. The normalized spacial score (nSPS) is 11.6. The number of nitrogens with one attached hydrogen (secondary N) is 1. The summed E-state index contributed by atoms with van der Waals surface area (Å²) in [7, 11) is -3.52. The molecular weight excluding hydrogens is 284 g/mol. The van der Waals surface area contributed by atoms with E-state index in [1.165, 1.54) is 0 Å². The highest BCUT2D eigenvalue weighted by Crippen LogP contribution is 2.18. The minimum Gasteiger partial charge on any atom is -0.399 e. The summed E-state index contributed by atoms with van der Waals surface area (Å²) in [5.74, 6) is 0. The van der Waals surface area contributed by atoms with Crippen molar-refractivity contribution in [3.63, 3.8) is 0 Å². The zero-order chi connectivity index (χ0) is 15.6. The number of hydrogen-bond acceptors (Lipinski definition) is 3. The lowest BCUT2D eigenvalue weighted by atomic mass is 10.1. The van der Waals surface area contributed by atoms with Crippen molar-refractivity contribution in [2.75, 3.05) is 5.73 Å². The molecule has 3 N–H and O–H groups in total. The highest BCUT2D eigenvalue weighted by Gasteiger charge is 2.15. The molecule has 0 radical (unpaired) electrons. The van der Waals surface area contributed by atoms with E-state index < -0.39 is 10.0 Å². The van der Waals surface area contributed by atoms with Gasteiger partial charge in [0.2, 0.25) is 10.0 Å². The molecule has 5 heteroatoms. The Morgan fingerprint density at radius 2 is 1.76 bits per heavy atom. The first-order valence-electron chi connectivity index (χ1n) is 6.72. The van der Waals surface area contributed by atoms with Gasteiger partial charge in [0.25, 0.3) is 0 Å². The molecule has 4 nitrogen and oxygen atoms in total. The van der Waals surface area contributed by atoms with Gasteiger partial charge in [-0.05, 0) is 61.2 Å². The molecule has 0 atom stereocenters. The molecule has 0 aliphatic rings. The van der Waals surface area contributed by atoms with E-state index in [9.17, 15) is 8.42 Å². The first-order chi connectivity index (χ1) is 9.81. The third-order valence-corrected chi connectivity index (χ3v) is 5.13. The number of nitrogen functional groups attached to an aromatic ring is 1. The largest absolute Gasteiger partial charge is 0.399 e. The quantitative estimate of drug-likeness (QED) is 0.853. The van der Waals surface area contributed by atoms with Crippen molar-refractivity contribution >= 4 is 15.7 Å². The van der Waals surface area contributed by atoms with Gasteiger partial charge in [-0.25, -0.2) is 13.1 Å². The smallest absolute Gasteiger partial charge is 0.240 e. The van der Waals surface area contributed by atoms with E-state index in [4.69, 9.17) is 5.73 Å². The fourth-order valence-electron chi connectivity index (χ4n) is 2.03. The summed E-state index contributed by atoms with van der Waals surface area (Å²) in [4.78, 5) is 0.284. The van der Waals surface area contributed by atoms with Crippen LogP contribution in [-0.4, -0.2) is 8.42 Å². The van der Waals surface area contributed by atoms with E-state index in [0.29, 0.717) is 5.69 Å². The van der Waals surface area contributed by atoms with Crippen LogP contribution in [-0.2, 0) is 16.6 Å². The minimum absolute atomic E-state index is 0.228. The Balaban J connectivity index is 2.22. The lowest BCUT2D eigenvalue weighted by molar-refractivity contribution is 0.581. The van der Waals surface area contributed by atoms with E-state index in [1.54, 1.807) is 18.2 Å². The second-order valence-corrected chi connectivity index (χ2v) is 6.97. The SMILES string of the molecule is Cc1ccc(S(=O)(=O)NCc2cccc(N)c2C)cc1C. The summed E-state index contributed by atoms with van der Waals surface area (Å²) in [6, 6.07) is 10.6. The van der Waals surface area contributed by atoms with Gasteiger partial charge >= 0.3 is 0 Å². The number of aryl methyl sites for hydroxylation is 2. The van der Waals surface area contributed by atoms with Crippen molar-refractivity contribution in [3.8, 4) is 0 Å². The average molecular weight is 304 g/mol. The fourth-order valence-corrected chi connectivity index (χ4v) is 3.12. The van der Waals surface area contributed by atoms with E-state index in [0.717, 1.165) is 22.3 Å². The Hall–Kier alpha value is -1.85. The number of hydrogen-bond donors (Lipinski definition) is 2. The summed E-state index contributed by atoms with van der Waals surface area (Å²) < 4.78 is 27.3. The fraction of sp³-hybridized carbons (Fsp3) is 0.250. The third kappa shape index (κ3) is 3.43. The molecule has 0 amide bonds. The molecule has 0 saturated carbocycles. The lowest BCUT2D eigenvalue weighted by Gasteiger charge is -2.11. The van der Waals surface area contributed by atoms with Crippen LogP contribution in [0.15, 0.2) is 41.3 Å². The van der Waals surface area contributed by atoms with Gasteiger partial charge in [0, 0.05) is 12.2 Å². The molecule has 0 fully saturated rings. The highest BCUT2D eigenvalue weighted by molar-refractivity contribution is 7.89. The van der Waals surface area contributed by atoms with Crippen molar-refractivity contribution in [2.45, 2.75) is 32.2 Å². The zero-order valence-corrected chi connectivity index (χ0v) is 13.3. The van der Waals surface area contributed by atoms with E-state index in [1.807, 2.05) is 39.0 Å². The average Bonchev–Trinajstić information content (AvgIpc) is 2.43. The Labute approximate surface area is 126 Å². The molecule has 21 heavy (non-hydrogen) atoms. The Bertz CT molecular complexity index is 768. The molecule has 0 aliphatic heterocycles. The topological polar surface area (TPSA) is 72.2 Å². The van der Waals surface area contributed by atoms with Crippen LogP contribution in [0.5, 0.6) is 0 Å². The monoisotopic (exact) mass is 304 g/mol. The van der Waals surface area contributed by atoms with Gasteiger partial charge in [0.1, 0.15) is 0 Å². The zero-order valence-electron chi connectivity index (χ0n) is 12.5. The number of benzene rings is 2. The van der Waals surface area contributed by atoms with Crippen LogP contribution in [0.1, 0.15) is 22.3 Å². The van der Waals surface area contributed by atoms with Gasteiger partial charge in [-0.1, -0.05) is 18.2 Å². The maximum absolute atomic E-state index is 12.3. The van der Waals surface area contributed by atoms with E-state index in [-0.39, 0.29) is 11.4 Å². The summed E-state index contributed by atoms with van der Waals surface area (Å²) in [5, 5.41) is 0. The van der Waals surface area contributed by atoms with Crippen LogP contribution in [0.25, 0.3) is 0 Å². The first-order valence-corrected chi connectivity index (χ1v) is 8.20. The third-order valence-electron chi connectivity index (χ3n) is 3.73. The van der Waals surface area contributed by atoms with E-state index in [2.05, 4.69) is 4.72 Å². The van der Waals surface area contributed by atoms with Gasteiger partial charge < -0.3 is 5.73 Å². The molecule has 0 aromatic heterocycles. The van der Waals surface area contributed by atoms with Crippen LogP contribution in [0.4, 0.5) is 5.69 Å². The summed E-state index contributed by atoms with van der Waals surface area (Å²) >= 11 is 0. The predicted octanol–water partition coefficient (Wildman–Crippen LogP) is 2.67. The van der Waals surface area contributed by atoms with Crippen LogP contribution in [0.2, 0.25) is 0 Å². The highest BCUT2D eigenvalue weighted by atomic mass is 32.2. The van der Waals surface area contributed by atoms with Crippen molar-refractivity contribution in [1.82, 2.24) is 4.72 Å². The number of anilines is 1. The standard InChI is InChI=1S/C16H20N2O2S/c1-11-7-8-15(9-12(11)2)21(19,20)18-10-14-5-4-6-16(17)13(14)3/h4-9,18H,10,17H2,1-3H3. The molecule has 2 aromatic rings. The van der Waals surface area contributed by atoms with Crippen LogP contribution in [0, 0.1) is 20.8 Å². The lowest BCUT2D eigenvalue weighted by Crippen LogP contribution is -2.24. The van der Waals surface area contributed by atoms with Gasteiger partial charge in [-0.3, -0.25) is 0 Å². The molecule has 0 spiro atoms. The summed E-state index contributed by atoms with van der Waals surface area (Å²) in [6.07, 6.45) is 0. The van der Waals surface area contributed by atoms with E-state index >= 15 is 0 Å². The van der Waals surface area contributed by atoms with Gasteiger partial charge in [-0.2, -0.15) is 0 Å². The van der Waals surface area contributed by atoms with Crippen LogP contribution >= 0.6 is 0 Å². The summed E-state index contributed by atoms with van der Waals surface area (Å²) in [5.41, 5.74) is 10.3. The predicted molar refractivity (Wildman–Crippen MR) is 85.5 cm³/mol. The van der Waals surface area contributed by atoms with Crippen LogP contribution in [0.3, 0.4) is 0 Å². The number of rotatable bonds is 4. The molecule has 2 aromatic carbocycles. The number of sulfonamides is 1. The van der Waals surface area contributed by atoms with Crippen molar-refractivity contribution in [3.05, 3.63) is 58.7 Å². The Morgan fingerprint density at radius 3 is 2.43 bits per heavy atom. The van der Waals surface area contributed by atoms with Gasteiger partial charge in [0.05, 0.1) is 4.90 Å². The number of nitrogens with two attached hydrogens (primary N) is 1. The second-order valence-electron chi connectivity index (χ2n) is 5.20. The van der Waals surface area contributed by atoms with Crippen molar-refractivity contribution in [1.29, 1.82) is 0 Å². The van der Waals surface area contributed by atoms with Gasteiger partial charge in [-0.15, -0.1) is 0 Å². The maximum atomic E-state index is 12.3. The molecular formula is C16H20N2O2S. The minimum atomic E-state index is -3.52. The molecule has 0 saturated heterocycles. The molecule has 112 valence electrons. The van der Waals surface area contributed by atoms with Gasteiger partial charge in [0.15, 0.2) is 0 Å². The molecule has 2 rings (SSSR count).